The van der Waals surface area contributed by atoms with Crippen LogP contribution in [0.15, 0.2) is 46.5 Å². The van der Waals surface area contributed by atoms with Crippen molar-refractivity contribution in [1.82, 2.24) is 24.6 Å². The van der Waals surface area contributed by atoms with E-state index in [4.69, 9.17) is 23.2 Å². The second-order valence-corrected chi connectivity index (χ2v) is 7.56. The number of nitrogens with zero attached hydrogens (tertiary/aromatic N) is 4. The van der Waals surface area contributed by atoms with Gasteiger partial charge in [0.15, 0.2) is 10.8 Å². The summed E-state index contributed by atoms with van der Waals surface area (Å²) in [6.07, 6.45) is 1.70. The standard InChI is InChI=1S/C16H11Cl2N5OS/c1-8(13-19-12-5-3-2-4-10(12)15(24)20-13)25-16-22-21-14-11(18)6-9(17)7-23(14)16/h2-8H,1H3,(H,19,20,24)/t8-/m0/s1. The number of hydrogen-bond donors (Lipinski definition) is 1. The number of pyridine rings is 1. The van der Waals surface area contributed by atoms with E-state index >= 15 is 0 Å². The molecule has 1 atom stereocenters. The Labute approximate surface area is 156 Å². The largest absolute Gasteiger partial charge is 0.309 e. The van der Waals surface area contributed by atoms with E-state index in [1.165, 1.54) is 11.8 Å². The van der Waals surface area contributed by atoms with Crippen LogP contribution in [0.25, 0.3) is 16.6 Å². The van der Waals surface area contributed by atoms with E-state index in [2.05, 4.69) is 20.2 Å². The van der Waals surface area contributed by atoms with Crippen LogP contribution in [0.1, 0.15) is 18.0 Å². The molecule has 0 bridgehead atoms. The van der Waals surface area contributed by atoms with Crippen molar-refractivity contribution in [2.75, 3.05) is 0 Å². The second-order valence-electron chi connectivity index (χ2n) is 5.41. The minimum absolute atomic E-state index is 0.150. The first-order valence-corrected chi connectivity index (χ1v) is 9.02. The van der Waals surface area contributed by atoms with Gasteiger partial charge in [-0.25, -0.2) is 4.98 Å². The number of hydrogen-bond acceptors (Lipinski definition) is 5. The van der Waals surface area contributed by atoms with E-state index in [0.29, 0.717) is 37.6 Å². The molecule has 9 heteroatoms. The molecule has 0 amide bonds. The number of nitrogens with one attached hydrogen (secondary N) is 1. The van der Waals surface area contributed by atoms with Crippen LogP contribution in [-0.2, 0) is 0 Å². The highest BCUT2D eigenvalue weighted by atomic mass is 35.5. The van der Waals surface area contributed by atoms with Gasteiger partial charge in [-0.3, -0.25) is 9.20 Å². The maximum Gasteiger partial charge on any atom is 0.258 e. The van der Waals surface area contributed by atoms with E-state index in [1.807, 2.05) is 25.1 Å². The summed E-state index contributed by atoms with van der Waals surface area (Å²) in [5, 5.41) is 10.2. The van der Waals surface area contributed by atoms with Gasteiger partial charge in [0, 0.05) is 6.20 Å². The molecule has 0 aliphatic rings. The predicted octanol–water partition coefficient (Wildman–Crippen LogP) is 4.13. The van der Waals surface area contributed by atoms with E-state index in [0.717, 1.165) is 0 Å². The molecule has 25 heavy (non-hydrogen) atoms. The quantitative estimate of drug-likeness (QED) is 0.531. The first-order chi connectivity index (χ1) is 12.0. The van der Waals surface area contributed by atoms with Gasteiger partial charge in [0.25, 0.3) is 5.56 Å². The summed E-state index contributed by atoms with van der Waals surface area (Å²) in [5.41, 5.74) is 1.02. The molecule has 6 nitrogen and oxygen atoms in total. The second kappa shape index (κ2) is 6.33. The zero-order chi connectivity index (χ0) is 17.6. The van der Waals surface area contributed by atoms with Gasteiger partial charge in [-0.1, -0.05) is 47.1 Å². The number of fused-ring (bicyclic) bond motifs is 2. The lowest BCUT2D eigenvalue weighted by Crippen LogP contribution is -2.12. The number of thioether (sulfide) groups is 1. The normalized spacial score (nSPS) is 12.8. The minimum Gasteiger partial charge on any atom is -0.309 e. The third kappa shape index (κ3) is 2.99. The molecule has 0 radical (unpaired) electrons. The summed E-state index contributed by atoms with van der Waals surface area (Å²) < 4.78 is 1.73. The van der Waals surface area contributed by atoms with Crippen molar-refractivity contribution in [2.24, 2.45) is 0 Å². The van der Waals surface area contributed by atoms with Crippen molar-refractivity contribution in [3.63, 3.8) is 0 Å². The molecule has 126 valence electrons. The fraction of sp³-hybridized carbons (Fsp3) is 0.125. The van der Waals surface area contributed by atoms with Crippen molar-refractivity contribution >= 4 is 51.5 Å². The monoisotopic (exact) mass is 391 g/mol. The molecule has 4 rings (SSSR count). The molecule has 0 aliphatic heterocycles. The zero-order valence-electron chi connectivity index (χ0n) is 12.9. The molecule has 0 saturated heterocycles. The number of halogens is 2. The zero-order valence-corrected chi connectivity index (χ0v) is 15.2. The third-order valence-electron chi connectivity index (χ3n) is 3.69. The molecule has 0 aliphatic carbocycles. The van der Waals surface area contributed by atoms with Crippen LogP contribution in [0.5, 0.6) is 0 Å². The molecular formula is C16H11Cl2N5OS. The van der Waals surface area contributed by atoms with Gasteiger partial charge in [0.1, 0.15) is 5.82 Å². The SMILES string of the molecule is C[C@H](Sc1nnc2c(Cl)cc(Cl)cn12)c1nc2ccccc2c(=O)[nH]1. The maximum atomic E-state index is 12.2. The summed E-state index contributed by atoms with van der Waals surface area (Å²) in [6, 6.07) is 8.85. The van der Waals surface area contributed by atoms with Gasteiger partial charge in [-0.2, -0.15) is 0 Å². The number of aromatic nitrogens is 5. The molecule has 4 aromatic rings. The summed E-state index contributed by atoms with van der Waals surface area (Å²) in [7, 11) is 0. The Bertz CT molecular complexity index is 1160. The van der Waals surface area contributed by atoms with Gasteiger partial charge < -0.3 is 4.98 Å². The highest BCUT2D eigenvalue weighted by Crippen LogP contribution is 2.33. The Morgan fingerprint density at radius 1 is 1.24 bits per heavy atom. The predicted molar refractivity (Wildman–Crippen MR) is 99.6 cm³/mol. The summed E-state index contributed by atoms with van der Waals surface area (Å²) in [5.74, 6) is 0.568. The molecule has 0 saturated carbocycles. The van der Waals surface area contributed by atoms with Crippen molar-refractivity contribution in [3.05, 3.63) is 62.8 Å². The minimum atomic E-state index is -0.162. The van der Waals surface area contributed by atoms with Gasteiger partial charge in [0.05, 0.1) is 26.2 Å². The number of benzene rings is 1. The lowest BCUT2D eigenvalue weighted by atomic mass is 10.2. The van der Waals surface area contributed by atoms with E-state index in [-0.39, 0.29) is 10.8 Å². The number of aromatic amines is 1. The average molecular weight is 392 g/mol. The first kappa shape index (κ1) is 16.4. The average Bonchev–Trinajstić information content (AvgIpc) is 2.98. The van der Waals surface area contributed by atoms with E-state index < -0.39 is 0 Å². The Kier molecular flexibility index (Phi) is 4.15. The topological polar surface area (TPSA) is 75.9 Å². The van der Waals surface area contributed by atoms with Crippen LogP contribution < -0.4 is 5.56 Å². The van der Waals surface area contributed by atoms with Crippen LogP contribution in [0.4, 0.5) is 0 Å². The first-order valence-electron chi connectivity index (χ1n) is 7.38. The van der Waals surface area contributed by atoms with Crippen LogP contribution in [0.2, 0.25) is 10.0 Å². The van der Waals surface area contributed by atoms with Crippen molar-refractivity contribution < 1.29 is 0 Å². The molecule has 3 aromatic heterocycles. The van der Waals surface area contributed by atoms with E-state index in [9.17, 15) is 4.79 Å². The molecule has 0 spiro atoms. The van der Waals surface area contributed by atoms with Gasteiger partial charge in [-0.15, -0.1) is 10.2 Å². The van der Waals surface area contributed by atoms with Crippen LogP contribution in [0.3, 0.4) is 0 Å². The van der Waals surface area contributed by atoms with Crippen LogP contribution in [0, 0.1) is 0 Å². The Morgan fingerprint density at radius 2 is 2.04 bits per heavy atom. The van der Waals surface area contributed by atoms with Gasteiger partial charge in [0.2, 0.25) is 0 Å². The lowest BCUT2D eigenvalue weighted by Gasteiger charge is -2.10. The third-order valence-corrected chi connectivity index (χ3v) is 5.24. The number of para-hydroxylation sites is 1. The molecule has 0 fully saturated rings. The van der Waals surface area contributed by atoms with Crippen molar-refractivity contribution in [2.45, 2.75) is 17.3 Å². The summed E-state index contributed by atoms with van der Waals surface area (Å²) in [6.45, 7) is 1.94. The Morgan fingerprint density at radius 3 is 2.88 bits per heavy atom. The molecule has 0 unspecified atom stereocenters. The Balaban J connectivity index is 1.73. The van der Waals surface area contributed by atoms with Crippen molar-refractivity contribution in [1.29, 1.82) is 0 Å². The molecular weight excluding hydrogens is 381 g/mol. The fourth-order valence-corrected chi connectivity index (χ4v) is 3.88. The smallest absolute Gasteiger partial charge is 0.258 e. The van der Waals surface area contributed by atoms with Crippen LogP contribution in [-0.4, -0.2) is 24.6 Å². The summed E-state index contributed by atoms with van der Waals surface area (Å²) >= 11 is 13.6. The van der Waals surface area contributed by atoms with E-state index in [1.54, 1.807) is 22.7 Å². The highest BCUT2D eigenvalue weighted by Gasteiger charge is 2.17. The highest BCUT2D eigenvalue weighted by molar-refractivity contribution is 7.99. The van der Waals surface area contributed by atoms with Crippen molar-refractivity contribution in [3.8, 4) is 0 Å². The maximum absolute atomic E-state index is 12.2. The molecule has 1 N–H and O–H groups in total. The van der Waals surface area contributed by atoms with Crippen LogP contribution >= 0.6 is 35.0 Å². The number of H-pyrrole nitrogens is 1. The van der Waals surface area contributed by atoms with Gasteiger partial charge in [-0.05, 0) is 25.1 Å². The molecule has 1 aromatic carbocycles. The summed E-state index contributed by atoms with van der Waals surface area (Å²) in [4.78, 5) is 19.6. The fourth-order valence-electron chi connectivity index (χ4n) is 2.49. The Hall–Kier alpha value is -2.09. The lowest BCUT2D eigenvalue weighted by molar-refractivity contribution is 0.883. The number of rotatable bonds is 3. The molecule has 3 heterocycles. The van der Waals surface area contributed by atoms with Gasteiger partial charge >= 0.3 is 0 Å².